The Labute approximate surface area is 184 Å². The van der Waals surface area contributed by atoms with E-state index in [-0.39, 0.29) is 12.5 Å². The number of rotatable bonds is 7. The molecule has 0 atom stereocenters. The monoisotopic (exact) mass is 434 g/mol. The third-order valence-corrected chi connectivity index (χ3v) is 5.59. The SMILES string of the molecule is COCCCNC(=O)Cn1c(=O)n(-c2ccccc2)c(=O)c2c1c1cc(C)ccc1n2C. The summed E-state index contributed by atoms with van der Waals surface area (Å²) in [6, 6.07) is 14.6. The van der Waals surface area contributed by atoms with E-state index in [1.54, 1.807) is 43.0 Å². The van der Waals surface area contributed by atoms with Crippen LogP contribution in [0.5, 0.6) is 0 Å². The number of para-hydroxylation sites is 1. The van der Waals surface area contributed by atoms with Crippen molar-refractivity contribution in [2.45, 2.75) is 19.9 Å². The van der Waals surface area contributed by atoms with Gasteiger partial charge in [-0.05, 0) is 37.6 Å². The van der Waals surface area contributed by atoms with Crippen LogP contribution in [0.25, 0.3) is 27.6 Å². The van der Waals surface area contributed by atoms with Gasteiger partial charge in [0.1, 0.15) is 12.1 Å². The molecule has 2 aromatic carbocycles. The molecule has 0 saturated carbocycles. The van der Waals surface area contributed by atoms with Gasteiger partial charge < -0.3 is 14.6 Å². The molecular weight excluding hydrogens is 408 g/mol. The molecule has 8 nitrogen and oxygen atoms in total. The molecule has 2 aromatic heterocycles. The Bertz CT molecular complexity index is 1410. The zero-order valence-corrected chi connectivity index (χ0v) is 18.4. The normalized spacial score (nSPS) is 11.3. The molecule has 0 fully saturated rings. The van der Waals surface area contributed by atoms with Crippen LogP contribution in [0, 0.1) is 6.92 Å². The third-order valence-electron chi connectivity index (χ3n) is 5.59. The summed E-state index contributed by atoms with van der Waals surface area (Å²) in [7, 11) is 3.41. The van der Waals surface area contributed by atoms with Crippen LogP contribution in [0.15, 0.2) is 58.1 Å². The maximum absolute atomic E-state index is 13.6. The van der Waals surface area contributed by atoms with E-state index in [4.69, 9.17) is 4.74 Å². The Morgan fingerprint density at radius 1 is 1.06 bits per heavy atom. The molecule has 8 heteroatoms. The predicted octanol–water partition coefficient (Wildman–Crippen LogP) is 2.11. The molecule has 0 aliphatic rings. The van der Waals surface area contributed by atoms with Crippen molar-refractivity contribution >= 4 is 27.8 Å². The highest BCUT2D eigenvalue weighted by Gasteiger charge is 2.22. The number of carbonyl (C=O) groups excluding carboxylic acids is 1. The second kappa shape index (κ2) is 8.84. The summed E-state index contributed by atoms with van der Waals surface area (Å²) in [5.74, 6) is -0.299. The molecule has 0 spiro atoms. The van der Waals surface area contributed by atoms with Crippen LogP contribution in [0.2, 0.25) is 0 Å². The fourth-order valence-corrected chi connectivity index (χ4v) is 4.06. The lowest BCUT2D eigenvalue weighted by atomic mass is 10.1. The number of hydrogen-bond acceptors (Lipinski definition) is 4. The number of nitrogens with zero attached hydrogens (tertiary/aromatic N) is 3. The largest absolute Gasteiger partial charge is 0.385 e. The summed E-state index contributed by atoms with van der Waals surface area (Å²) in [5.41, 5.74) is 2.17. The van der Waals surface area contributed by atoms with Gasteiger partial charge in [-0.1, -0.05) is 29.8 Å². The van der Waals surface area contributed by atoms with Gasteiger partial charge in [-0.15, -0.1) is 0 Å². The van der Waals surface area contributed by atoms with Gasteiger partial charge in [-0.25, -0.2) is 9.36 Å². The average Bonchev–Trinajstić information content (AvgIpc) is 3.07. The first-order valence-corrected chi connectivity index (χ1v) is 10.5. The molecule has 4 rings (SSSR count). The highest BCUT2D eigenvalue weighted by atomic mass is 16.5. The number of nitrogens with one attached hydrogen (secondary N) is 1. The molecular formula is C24H26N4O4. The molecule has 0 aliphatic heterocycles. The van der Waals surface area contributed by atoms with E-state index in [9.17, 15) is 14.4 Å². The molecule has 0 unspecified atom stereocenters. The average molecular weight is 434 g/mol. The number of aromatic nitrogens is 3. The van der Waals surface area contributed by atoms with E-state index in [0.29, 0.717) is 36.3 Å². The highest BCUT2D eigenvalue weighted by Crippen LogP contribution is 2.26. The highest BCUT2D eigenvalue weighted by molar-refractivity contribution is 6.06. The lowest BCUT2D eigenvalue weighted by Crippen LogP contribution is -2.42. The van der Waals surface area contributed by atoms with E-state index in [2.05, 4.69) is 5.32 Å². The van der Waals surface area contributed by atoms with Crippen molar-refractivity contribution in [1.82, 2.24) is 19.0 Å². The van der Waals surface area contributed by atoms with Crippen molar-refractivity contribution < 1.29 is 9.53 Å². The van der Waals surface area contributed by atoms with Gasteiger partial charge in [0, 0.05) is 32.7 Å². The molecule has 2 heterocycles. The van der Waals surface area contributed by atoms with Crippen molar-refractivity contribution in [3.05, 3.63) is 74.9 Å². The van der Waals surface area contributed by atoms with Gasteiger partial charge >= 0.3 is 5.69 Å². The van der Waals surface area contributed by atoms with Crippen LogP contribution in [-0.4, -0.2) is 39.9 Å². The predicted molar refractivity (Wildman–Crippen MR) is 125 cm³/mol. The van der Waals surface area contributed by atoms with Gasteiger partial charge in [0.2, 0.25) is 5.91 Å². The minimum absolute atomic E-state index is 0.192. The van der Waals surface area contributed by atoms with Crippen LogP contribution in [0.1, 0.15) is 12.0 Å². The smallest absolute Gasteiger partial charge is 0.336 e. The quantitative estimate of drug-likeness (QED) is 0.452. The summed E-state index contributed by atoms with van der Waals surface area (Å²) < 4.78 is 9.33. The summed E-state index contributed by atoms with van der Waals surface area (Å²) in [6.45, 7) is 2.74. The zero-order chi connectivity index (χ0) is 22.8. The first kappa shape index (κ1) is 21.6. The first-order valence-electron chi connectivity index (χ1n) is 10.5. The number of hydrogen-bond donors (Lipinski definition) is 1. The second-order valence-electron chi connectivity index (χ2n) is 7.82. The van der Waals surface area contributed by atoms with Crippen molar-refractivity contribution in [1.29, 1.82) is 0 Å². The Morgan fingerprint density at radius 2 is 1.81 bits per heavy atom. The number of methoxy groups -OCH3 is 1. The summed E-state index contributed by atoms with van der Waals surface area (Å²) >= 11 is 0. The minimum Gasteiger partial charge on any atom is -0.385 e. The summed E-state index contributed by atoms with van der Waals surface area (Å²) in [6.07, 6.45) is 0.670. The van der Waals surface area contributed by atoms with Gasteiger partial charge in [0.05, 0.1) is 16.7 Å². The Hall–Kier alpha value is -3.65. The van der Waals surface area contributed by atoms with E-state index in [1.165, 1.54) is 4.57 Å². The topological polar surface area (TPSA) is 87.3 Å². The molecule has 32 heavy (non-hydrogen) atoms. The molecule has 4 aromatic rings. The van der Waals surface area contributed by atoms with Crippen molar-refractivity contribution in [3.8, 4) is 5.69 Å². The molecule has 0 aliphatic carbocycles. The number of fused-ring (bicyclic) bond motifs is 3. The number of ether oxygens (including phenoxy) is 1. The summed E-state index contributed by atoms with van der Waals surface area (Å²) in [4.78, 5) is 39.8. The Balaban J connectivity index is 1.97. The Morgan fingerprint density at radius 3 is 2.53 bits per heavy atom. The van der Waals surface area contributed by atoms with Crippen LogP contribution in [-0.2, 0) is 23.1 Å². The summed E-state index contributed by atoms with van der Waals surface area (Å²) in [5, 5.41) is 3.59. The van der Waals surface area contributed by atoms with Gasteiger partial charge in [-0.3, -0.25) is 14.2 Å². The first-order chi connectivity index (χ1) is 15.4. The van der Waals surface area contributed by atoms with E-state index in [1.807, 2.05) is 31.2 Å². The van der Waals surface area contributed by atoms with E-state index >= 15 is 0 Å². The standard InChI is InChI=1S/C24H26N4O4/c1-16-10-11-19-18(14-16)21-22(26(19)2)23(30)28(17-8-5-4-6-9-17)24(31)27(21)15-20(29)25-12-7-13-32-3/h4-6,8-11,14H,7,12-13,15H2,1-3H3,(H,25,29). The van der Waals surface area contributed by atoms with Crippen LogP contribution in [0.3, 0.4) is 0 Å². The second-order valence-corrected chi connectivity index (χ2v) is 7.82. The van der Waals surface area contributed by atoms with Crippen molar-refractivity contribution in [2.24, 2.45) is 7.05 Å². The van der Waals surface area contributed by atoms with E-state index in [0.717, 1.165) is 21.0 Å². The lowest BCUT2D eigenvalue weighted by molar-refractivity contribution is -0.121. The lowest BCUT2D eigenvalue weighted by Gasteiger charge is -2.13. The fraction of sp³-hybridized carbons (Fsp3) is 0.292. The third kappa shape index (κ3) is 3.73. The maximum atomic E-state index is 13.6. The zero-order valence-electron chi connectivity index (χ0n) is 18.4. The fourth-order valence-electron chi connectivity index (χ4n) is 4.06. The van der Waals surface area contributed by atoms with Crippen molar-refractivity contribution in [3.63, 3.8) is 0 Å². The van der Waals surface area contributed by atoms with Gasteiger partial charge in [-0.2, -0.15) is 0 Å². The van der Waals surface area contributed by atoms with Crippen molar-refractivity contribution in [2.75, 3.05) is 20.3 Å². The van der Waals surface area contributed by atoms with E-state index < -0.39 is 11.2 Å². The van der Waals surface area contributed by atoms with Gasteiger partial charge in [0.25, 0.3) is 5.56 Å². The number of amides is 1. The van der Waals surface area contributed by atoms with Crippen LogP contribution in [0.4, 0.5) is 0 Å². The Kier molecular flexibility index (Phi) is 5.96. The molecule has 0 saturated heterocycles. The van der Waals surface area contributed by atoms with Crippen LogP contribution >= 0.6 is 0 Å². The molecule has 166 valence electrons. The number of benzene rings is 2. The number of aryl methyl sites for hydroxylation is 2. The minimum atomic E-state index is -0.547. The van der Waals surface area contributed by atoms with Gasteiger partial charge in [0.15, 0.2) is 0 Å². The molecule has 1 N–H and O–H groups in total. The maximum Gasteiger partial charge on any atom is 0.336 e. The number of carbonyl (C=O) groups is 1. The molecule has 1 amide bonds. The van der Waals surface area contributed by atoms with Crippen LogP contribution < -0.4 is 16.6 Å². The molecule has 0 bridgehead atoms. The molecule has 0 radical (unpaired) electrons.